The molecule has 0 bridgehead atoms. The first-order valence-corrected chi connectivity index (χ1v) is 8.71. The van der Waals surface area contributed by atoms with Gasteiger partial charge in [-0.1, -0.05) is 53.7 Å². The number of ether oxygens (including phenoxy) is 1. The van der Waals surface area contributed by atoms with Crippen molar-refractivity contribution in [3.05, 3.63) is 40.0 Å². The Kier molecular flexibility index (Phi) is 7.22. The van der Waals surface area contributed by atoms with Crippen molar-refractivity contribution in [3.8, 4) is 0 Å². The van der Waals surface area contributed by atoms with Crippen molar-refractivity contribution in [2.75, 3.05) is 13.7 Å². The zero-order valence-electron chi connectivity index (χ0n) is 16.4. The van der Waals surface area contributed by atoms with Crippen LogP contribution in [-0.2, 0) is 9.53 Å². The number of hydrogen-bond acceptors (Lipinski definition) is 3. The summed E-state index contributed by atoms with van der Waals surface area (Å²) in [5.41, 5.74) is 4.55. The van der Waals surface area contributed by atoms with Gasteiger partial charge in [0.1, 0.15) is 5.76 Å². The zero-order valence-corrected chi connectivity index (χ0v) is 16.4. The number of rotatable bonds is 7. The second-order valence-corrected chi connectivity index (χ2v) is 7.35. The molecule has 0 aliphatic carbocycles. The van der Waals surface area contributed by atoms with Crippen LogP contribution in [0.2, 0.25) is 0 Å². The van der Waals surface area contributed by atoms with Gasteiger partial charge in [-0.2, -0.15) is 0 Å². The van der Waals surface area contributed by atoms with E-state index in [2.05, 4.69) is 53.7 Å². The van der Waals surface area contributed by atoms with Crippen LogP contribution in [0.3, 0.4) is 0 Å². The lowest BCUT2D eigenvalue weighted by molar-refractivity contribution is -0.114. The summed E-state index contributed by atoms with van der Waals surface area (Å²) < 4.78 is 5.13. The van der Waals surface area contributed by atoms with Gasteiger partial charge in [0.2, 0.25) is 0 Å². The van der Waals surface area contributed by atoms with E-state index in [4.69, 9.17) is 4.74 Å². The van der Waals surface area contributed by atoms with Crippen LogP contribution < -0.4 is 0 Å². The zero-order chi connectivity index (χ0) is 18.6. The molecule has 0 amide bonds. The number of aliphatic hydroxyl groups excluding tert-OH is 1. The minimum absolute atomic E-state index is 0.0621. The van der Waals surface area contributed by atoms with E-state index in [1.807, 2.05) is 0 Å². The van der Waals surface area contributed by atoms with Crippen LogP contribution in [0.4, 0.5) is 0 Å². The summed E-state index contributed by atoms with van der Waals surface area (Å²) in [6.07, 6.45) is 0. The highest BCUT2D eigenvalue weighted by atomic mass is 16.5. The summed E-state index contributed by atoms with van der Waals surface area (Å²) in [6.45, 7) is 14.4. The van der Waals surface area contributed by atoms with E-state index in [1.54, 1.807) is 0 Å². The van der Waals surface area contributed by atoms with Gasteiger partial charge >= 0.3 is 0 Å². The minimum Gasteiger partial charge on any atom is -0.507 e. The van der Waals surface area contributed by atoms with Crippen LogP contribution in [0.15, 0.2) is 17.7 Å². The van der Waals surface area contributed by atoms with Gasteiger partial charge in [0.15, 0.2) is 5.78 Å². The van der Waals surface area contributed by atoms with Crippen LogP contribution in [0.25, 0.3) is 5.76 Å². The van der Waals surface area contributed by atoms with Crippen LogP contribution in [0.5, 0.6) is 0 Å². The Balaban J connectivity index is 3.83. The molecule has 0 spiro atoms. The predicted molar refractivity (Wildman–Crippen MR) is 101 cm³/mol. The molecule has 24 heavy (non-hydrogen) atoms. The predicted octanol–water partition coefficient (Wildman–Crippen LogP) is 5.56. The third kappa shape index (κ3) is 4.47. The van der Waals surface area contributed by atoms with Gasteiger partial charge in [-0.15, -0.1) is 0 Å². The Morgan fingerprint density at radius 2 is 1.46 bits per heavy atom. The van der Waals surface area contributed by atoms with Crippen molar-refractivity contribution in [1.29, 1.82) is 0 Å². The molecule has 0 fully saturated rings. The van der Waals surface area contributed by atoms with Crippen LogP contribution >= 0.6 is 0 Å². The maximum atomic E-state index is 12.0. The van der Waals surface area contributed by atoms with Crippen LogP contribution in [-0.4, -0.2) is 24.6 Å². The molecule has 1 rings (SSSR count). The highest BCUT2D eigenvalue weighted by molar-refractivity contribution is 6.00. The van der Waals surface area contributed by atoms with Crippen molar-refractivity contribution in [3.63, 3.8) is 0 Å². The number of methoxy groups -OCH3 is 1. The number of hydrogen-bond donors (Lipinski definition) is 1. The highest BCUT2D eigenvalue weighted by Gasteiger charge is 2.23. The van der Waals surface area contributed by atoms with Gasteiger partial charge in [-0.25, -0.2) is 0 Å². The molecule has 0 saturated heterocycles. The van der Waals surface area contributed by atoms with E-state index in [0.717, 1.165) is 16.7 Å². The number of carbonyl (C=O) groups excluding carboxylic acids is 1. The summed E-state index contributed by atoms with van der Waals surface area (Å²) in [5, 5.41) is 10.9. The van der Waals surface area contributed by atoms with Gasteiger partial charge in [0.05, 0.1) is 12.2 Å². The molecular weight excluding hydrogens is 300 g/mol. The topological polar surface area (TPSA) is 46.5 Å². The van der Waals surface area contributed by atoms with Crippen molar-refractivity contribution in [1.82, 2.24) is 0 Å². The summed E-state index contributed by atoms with van der Waals surface area (Å²) in [7, 11) is 1.53. The Morgan fingerprint density at radius 1 is 1.00 bits per heavy atom. The van der Waals surface area contributed by atoms with Gasteiger partial charge < -0.3 is 9.84 Å². The SMILES string of the molecule is COC/C(C(C)=O)=C(/O)c1c(C(C)C)cc(C(C)C)cc1C(C)C. The second kappa shape index (κ2) is 8.48. The van der Waals surface area contributed by atoms with Crippen molar-refractivity contribution in [2.45, 2.75) is 66.2 Å². The Morgan fingerprint density at radius 3 is 1.75 bits per heavy atom. The summed E-state index contributed by atoms with van der Waals surface area (Å²) in [4.78, 5) is 12.0. The van der Waals surface area contributed by atoms with Crippen LogP contribution in [0.1, 0.15) is 88.5 Å². The highest BCUT2D eigenvalue weighted by Crippen LogP contribution is 2.36. The number of aliphatic hydroxyl groups is 1. The van der Waals surface area contributed by atoms with Gasteiger partial charge in [-0.3, -0.25) is 4.79 Å². The molecular formula is C21H32O3. The third-order valence-corrected chi connectivity index (χ3v) is 4.37. The van der Waals surface area contributed by atoms with E-state index >= 15 is 0 Å². The first-order valence-electron chi connectivity index (χ1n) is 8.71. The smallest absolute Gasteiger partial charge is 0.161 e. The molecule has 1 aromatic carbocycles. The third-order valence-electron chi connectivity index (χ3n) is 4.37. The molecule has 0 atom stereocenters. The normalized spacial score (nSPS) is 13.0. The van der Waals surface area contributed by atoms with Gasteiger partial charge in [0.25, 0.3) is 0 Å². The number of benzene rings is 1. The fraction of sp³-hybridized carbons (Fsp3) is 0.571. The Bertz CT molecular complexity index is 593. The second-order valence-electron chi connectivity index (χ2n) is 7.35. The standard InChI is InChI=1S/C21H32O3/c1-12(2)16-9-17(13(3)4)20(18(10-16)14(5)6)21(23)19(11-24-8)15(7)22/h9-10,12-14,23H,11H2,1-8H3/b21-19-. The van der Waals surface area contributed by atoms with Crippen molar-refractivity contribution < 1.29 is 14.6 Å². The van der Waals surface area contributed by atoms with Crippen LogP contribution in [0, 0.1) is 0 Å². The van der Waals surface area contributed by atoms with Crippen molar-refractivity contribution in [2.24, 2.45) is 0 Å². The molecule has 0 unspecified atom stereocenters. The summed E-state index contributed by atoms with van der Waals surface area (Å²) in [6, 6.07) is 4.33. The van der Waals surface area contributed by atoms with E-state index in [-0.39, 0.29) is 30.0 Å². The molecule has 0 saturated carbocycles. The molecule has 3 nitrogen and oxygen atoms in total. The van der Waals surface area contributed by atoms with Crippen molar-refractivity contribution >= 4 is 11.5 Å². The minimum atomic E-state index is -0.160. The van der Waals surface area contributed by atoms with E-state index < -0.39 is 0 Å². The van der Waals surface area contributed by atoms with Gasteiger partial charge in [-0.05, 0) is 41.4 Å². The molecule has 0 radical (unpaired) electrons. The van der Waals surface area contributed by atoms with E-state index in [1.165, 1.54) is 19.6 Å². The summed E-state index contributed by atoms with van der Waals surface area (Å²) in [5.74, 6) is 0.799. The monoisotopic (exact) mass is 332 g/mol. The molecule has 0 aliphatic heterocycles. The number of Topliss-reactive ketones (excluding diaryl/α,β-unsaturated/α-hetero) is 1. The Labute approximate surface area is 146 Å². The molecule has 0 aromatic heterocycles. The number of ketones is 1. The maximum Gasteiger partial charge on any atom is 0.161 e. The lowest BCUT2D eigenvalue weighted by atomic mass is 9.83. The first kappa shape index (κ1) is 20.4. The molecule has 1 aromatic rings. The maximum absolute atomic E-state index is 12.0. The summed E-state index contributed by atoms with van der Waals surface area (Å²) >= 11 is 0. The van der Waals surface area contributed by atoms with E-state index in [0.29, 0.717) is 11.5 Å². The first-order chi connectivity index (χ1) is 11.1. The van der Waals surface area contributed by atoms with E-state index in [9.17, 15) is 9.90 Å². The fourth-order valence-corrected chi connectivity index (χ4v) is 2.86. The quantitative estimate of drug-likeness (QED) is 0.525. The average Bonchev–Trinajstić information content (AvgIpc) is 2.49. The Hall–Kier alpha value is -1.61. The molecule has 0 heterocycles. The lowest BCUT2D eigenvalue weighted by Gasteiger charge is -2.23. The lowest BCUT2D eigenvalue weighted by Crippen LogP contribution is -2.12. The molecule has 0 aliphatic rings. The molecule has 3 heteroatoms. The number of carbonyl (C=O) groups is 1. The average molecular weight is 332 g/mol. The van der Waals surface area contributed by atoms with Gasteiger partial charge in [0, 0.05) is 12.7 Å². The fourth-order valence-electron chi connectivity index (χ4n) is 2.86. The molecule has 134 valence electrons. The molecule has 1 N–H and O–H groups in total. The largest absolute Gasteiger partial charge is 0.507 e.